The van der Waals surface area contributed by atoms with E-state index >= 15 is 0 Å². The normalized spacial score (nSPS) is 11.9. The molecule has 0 aromatic heterocycles. The summed E-state index contributed by atoms with van der Waals surface area (Å²) in [5, 5.41) is 2.60. The van der Waals surface area contributed by atoms with Crippen LogP contribution in [0.4, 0.5) is 30.2 Å². The molecule has 4 aromatic carbocycles. The number of nitrogens with one attached hydrogen (secondary N) is 2. The zero-order chi connectivity index (χ0) is 32.3. The second kappa shape index (κ2) is 12.5. The molecule has 0 spiro atoms. The molecule has 1 amide bonds. The van der Waals surface area contributed by atoms with Gasteiger partial charge in [-0.05, 0) is 78.9 Å². The lowest BCUT2D eigenvalue weighted by molar-refractivity contribution is -0.137. The first-order valence-electron chi connectivity index (χ1n) is 12.6. The number of hydrogen-bond acceptors (Lipinski definition) is 7. The number of carbonyl (C=O) groups excluding carboxylic acids is 1. The molecule has 0 aliphatic heterocycles. The molecule has 4 rings (SSSR count). The molecular weight excluding hydrogens is 623 g/mol. The molecule has 0 aliphatic carbocycles. The van der Waals surface area contributed by atoms with Crippen molar-refractivity contribution < 1.29 is 44.3 Å². The van der Waals surface area contributed by atoms with E-state index in [9.17, 15) is 34.8 Å². The molecule has 4 aromatic rings. The molecule has 2 N–H and O–H groups in total. The van der Waals surface area contributed by atoms with Gasteiger partial charge in [-0.3, -0.25) is 13.8 Å². The first-order chi connectivity index (χ1) is 20.7. The second-order valence-electron chi connectivity index (χ2n) is 9.20. The van der Waals surface area contributed by atoms with Crippen molar-refractivity contribution in [2.24, 2.45) is 0 Å². The summed E-state index contributed by atoms with van der Waals surface area (Å²) in [5.74, 6) is 0.0544. The maximum atomic E-state index is 13.2. The van der Waals surface area contributed by atoms with Crippen molar-refractivity contribution in [1.82, 2.24) is 0 Å². The van der Waals surface area contributed by atoms with Crippen LogP contribution in [0.1, 0.15) is 15.9 Å². The summed E-state index contributed by atoms with van der Waals surface area (Å²) in [7, 11) is -4.03. The molecular formula is C29H26F3N3O7S2. The summed E-state index contributed by atoms with van der Waals surface area (Å²) in [6.07, 6.45) is -4.64. The Morgan fingerprint density at radius 3 is 1.95 bits per heavy atom. The molecule has 15 heteroatoms. The highest BCUT2D eigenvalue weighted by atomic mass is 32.2. The summed E-state index contributed by atoms with van der Waals surface area (Å²) < 4.78 is 104. The molecule has 44 heavy (non-hydrogen) atoms. The predicted octanol–water partition coefficient (Wildman–Crippen LogP) is 5.60. The third-order valence-electron chi connectivity index (χ3n) is 6.37. The minimum absolute atomic E-state index is 0.0324. The number of amides is 1. The van der Waals surface area contributed by atoms with E-state index in [0.717, 1.165) is 16.4 Å². The van der Waals surface area contributed by atoms with Gasteiger partial charge in [0.15, 0.2) is 11.5 Å². The van der Waals surface area contributed by atoms with Crippen LogP contribution in [0.25, 0.3) is 0 Å². The number of rotatable bonds is 10. The van der Waals surface area contributed by atoms with Crippen LogP contribution in [0, 0.1) is 0 Å². The quantitative estimate of drug-likeness (QED) is 0.229. The van der Waals surface area contributed by atoms with E-state index in [1.165, 1.54) is 94.1 Å². The molecule has 0 atom stereocenters. The summed E-state index contributed by atoms with van der Waals surface area (Å²) in [5.41, 5.74) is -0.559. The lowest BCUT2D eigenvalue weighted by atomic mass is 10.2. The van der Waals surface area contributed by atoms with Crippen molar-refractivity contribution in [3.05, 3.63) is 102 Å². The second-order valence-corrected chi connectivity index (χ2v) is 12.9. The van der Waals surface area contributed by atoms with Crippen molar-refractivity contribution in [3.63, 3.8) is 0 Å². The van der Waals surface area contributed by atoms with Gasteiger partial charge in [0.1, 0.15) is 0 Å². The smallest absolute Gasteiger partial charge is 0.416 e. The lowest BCUT2D eigenvalue weighted by Gasteiger charge is -2.20. The molecule has 0 heterocycles. The first-order valence-corrected chi connectivity index (χ1v) is 15.5. The van der Waals surface area contributed by atoms with Gasteiger partial charge in [0.25, 0.3) is 26.0 Å². The highest BCUT2D eigenvalue weighted by molar-refractivity contribution is 7.93. The number of sulfonamides is 2. The van der Waals surface area contributed by atoms with Gasteiger partial charge in [-0.25, -0.2) is 16.8 Å². The zero-order valence-electron chi connectivity index (χ0n) is 23.4. The van der Waals surface area contributed by atoms with Gasteiger partial charge in [0.2, 0.25) is 0 Å². The summed E-state index contributed by atoms with van der Waals surface area (Å²) in [6.45, 7) is 0. The molecule has 0 fully saturated rings. The Morgan fingerprint density at radius 1 is 0.750 bits per heavy atom. The number of alkyl halides is 3. The number of ether oxygens (including phenoxy) is 2. The fourth-order valence-corrected chi connectivity index (χ4v) is 6.25. The van der Waals surface area contributed by atoms with Gasteiger partial charge in [-0.15, -0.1) is 0 Å². The molecule has 232 valence electrons. The van der Waals surface area contributed by atoms with E-state index in [0.29, 0.717) is 11.8 Å². The van der Waals surface area contributed by atoms with Crippen LogP contribution in [0.3, 0.4) is 0 Å². The third-order valence-corrected chi connectivity index (χ3v) is 9.55. The van der Waals surface area contributed by atoms with Gasteiger partial charge in [-0.2, -0.15) is 13.2 Å². The maximum absolute atomic E-state index is 13.2. The minimum atomic E-state index is -4.64. The Kier molecular flexibility index (Phi) is 9.11. The highest BCUT2D eigenvalue weighted by Gasteiger charge is 2.31. The van der Waals surface area contributed by atoms with Gasteiger partial charge in [-0.1, -0.05) is 6.07 Å². The number of methoxy groups -OCH3 is 2. The number of halogens is 3. The van der Waals surface area contributed by atoms with Crippen molar-refractivity contribution in [2.45, 2.75) is 16.0 Å². The monoisotopic (exact) mass is 649 g/mol. The number of anilines is 3. The van der Waals surface area contributed by atoms with Gasteiger partial charge < -0.3 is 14.8 Å². The van der Waals surface area contributed by atoms with Gasteiger partial charge in [0.05, 0.1) is 35.3 Å². The SMILES string of the molecule is COc1ccc(S(=O)(=O)N(C)c2ccc(C(=O)Nc3ccc(S(=O)(=O)Nc4cccc(C(F)(F)F)c4)cc3)cc2)cc1OC. The van der Waals surface area contributed by atoms with E-state index in [4.69, 9.17) is 9.47 Å². The number of carbonyl (C=O) groups is 1. The molecule has 0 saturated heterocycles. The van der Waals surface area contributed by atoms with E-state index in [2.05, 4.69) is 10.0 Å². The standard InChI is InChI=1S/C29H26F3N3O7S2/c1-35(44(39,40)25-15-16-26(41-2)27(18-25)42-3)23-11-7-19(8-12-23)28(36)33-21-9-13-24(14-10-21)43(37,38)34-22-6-4-5-20(17-22)29(30,31)32/h4-18,34H,1-3H3,(H,33,36). The molecule has 0 saturated carbocycles. The number of nitrogens with zero attached hydrogens (tertiary/aromatic N) is 1. The summed E-state index contributed by atoms with van der Waals surface area (Å²) >= 11 is 0. The van der Waals surface area contributed by atoms with Crippen LogP contribution < -0.4 is 23.8 Å². The molecule has 10 nitrogen and oxygen atoms in total. The van der Waals surface area contributed by atoms with Gasteiger partial charge >= 0.3 is 6.18 Å². The van der Waals surface area contributed by atoms with Gasteiger partial charge in [0, 0.05) is 30.1 Å². The largest absolute Gasteiger partial charge is 0.493 e. The summed E-state index contributed by atoms with van der Waals surface area (Å²) in [4.78, 5) is 12.5. The van der Waals surface area contributed by atoms with Crippen LogP contribution in [-0.2, 0) is 26.2 Å². The Morgan fingerprint density at radius 2 is 1.36 bits per heavy atom. The van der Waals surface area contributed by atoms with Crippen molar-refractivity contribution >= 4 is 43.0 Å². The highest BCUT2D eigenvalue weighted by Crippen LogP contribution is 2.33. The number of hydrogen-bond donors (Lipinski definition) is 2. The van der Waals surface area contributed by atoms with Crippen molar-refractivity contribution in [2.75, 3.05) is 35.6 Å². The number of benzene rings is 4. The maximum Gasteiger partial charge on any atom is 0.416 e. The Labute approximate surface area is 252 Å². The minimum Gasteiger partial charge on any atom is -0.493 e. The van der Waals surface area contributed by atoms with E-state index in [1.54, 1.807) is 0 Å². The average Bonchev–Trinajstić information content (AvgIpc) is 3.00. The van der Waals surface area contributed by atoms with E-state index in [1.807, 2.05) is 0 Å². The topological polar surface area (TPSA) is 131 Å². The van der Waals surface area contributed by atoms with Crippen LogP contribution >= 0.6 is 0 Å². The molecule has 0 radical (unpaired) electrons. The average molecular weight is 650 g/mol. The molecule has 0 unspecified atom stereocenters. The van der Waals surface area contributed by atoms with Crippen LogP contribution in [0.2, 0.25) is 0 Å². The first kappa shape index (κ1) is 32.2. The van der Waals surface area contributed by atoms with E-state index < -0.39 is 37.7 Å². The third kappa shape index (κ3) is 7.06. The van der Waals surface area contributed by atoms with Crippen LogP contribution in [-0.4, -0.2) is 44.0 Å². The molecule has 0 bridgehead atoms. The lowest BCUT2D eigenvalue weighted by Crippen LogP contribution is -2.26. The Balaban J connectivity index is 1.43. The zero-order valence-corrected chi connectivity index (χ0v) is 25.0. The fourth-order valence-electron chi connectivity index (χ4n) is 3.99. The van der Waals surface area contributed by atoms with Crippen LogP contribution in [0.15, 0.2) is 101 Å². The fraction of sp³-hybridized carbons (Fsp3) is 0.138. The predicted molar refractivity (Wildman–Crippen MR) is 158 cm³/mol. The Hall–Kier alpha value is -4.76. The molecule has 0 aliphatic rings. The van der Waals surface area contributed by atoms with Crippen molar-refractivity contribution in [1.29, 1.82) is 0 Å². The van der Waals surface area contributed by atoms with E-state index in [-0.39, 0.29) is 38.2 Å². The Bertz CT molecular complexity index is 1880. The van der Waals surface area contributed by atoms with Crippen LogP contribution in [0.5, 0.6) is 11.5 Å². The van der Waals surface area contributed by atoms with Crippen molar-refractivity contribution in [3.8, 4) is 11.5 Å². The summed E-state index contributed by atoms with van der Waals surface area (Å²) in [6, 6.07) is 18.7.